The summed E-state index contributed by atoms with van der Waals surface area (Å²) in [5.74, 6) is 0.787. The summed E-state index contributed by atoms with van der Waals surface area (Å²) in [5, 5.41) is 3.18. The Morgan fingerprint density at radius 1 is 1.50 bits per heavy atom. The smallest absolute Gasteiger partial charge is 0.178 e. The summed E-state index contributed by atoms with van der Waals surface area (Å²) >= 11 is 0. The molecule has 0 aliphatic heterocycles. The van der Waals surface area contributed by atoms with Crippen LogP contribution >= 0.6 is 0 Å². The molecule has 1 aromatic rings. The van der Waals surface area contributed by atoms with Crippen molar-refractivity contribution >= 4 is 11.6 Å². The number of unbranched alkanes of at least 4 members (excludes halogenated alkanes) is 1. The van der Waals surface area contributed by atoms with Crippen LogP contribution in [-0.4, -0.2) is 17.3 Å². The molecular formula is C11H16N2O. The number of rotatable bonds is 5. The molecule has 1 aromatic heterocycles. The summed E-state index contributed by atoms with van der Waals surface area (Å²) < 4.78 is 0. The molecule has 0 aromatic carbocycles. The number of aromatic nitrogens is 1. The Labute approximate surface area is 84.6 Å². The van der Waals surface area contributed by atoms with E-state index in [0.29, 0.717) is 5.69 Å². The Morgan fingerprint density at radius 2 is 2.29 bits per heavy atom. The van der Waals surface area contributed by atoms with Gasteiger partial charge in [-0.05, 0) is 18.6 Å². The molecule has 0 aliphatic carbocycles. The normalized spacial score (nSPS) is 9.86. The molecule has 0 unspecified atom stereocenters. The van der Waals surface area contributed by atoms with Crippen molar-refractivity contribution in [1.82, 2.24) is 4.98 Å². The number of carbonyl (C=O) groups excluding carboxylic acids is 1. The molecule has 0 amide bonds. The number of nitrogens with one attached hydrogen (secondary N) is 1. The minimum absolute atomic E-state index is 0.00383. The molecular weight excluding hydrogens is 176 g/mol. The number of carbonyl (C=O) groups is 1. The van der Waals surface area contributed by atoms with Crippen LogP contribution in [0.15, 0.2) is 18.2 Å². The van der Waals surface area contributed by atoms with E-state index in [1.807, 2.05) is 12.1 Å². The largest absolute Gasteiger partial charge is 0.370 e. The molecule has 0 fully saturated rings. The Balaban J connectivity index is 2.59. The lowest BCUT2D eigenvalue weighted by atomic mass is 10.2. The molecule has 3 nitrogen and oxygen atoms in total. The third-order valence-electron chi connectivity index (χ3n) is 1.95. The van der Waals surface area contributed by atoms with Crippen LogP contribution in [0.25, 0.3) is 0 Å². The fourth-order valence-electron chi connectivity index (χ4n) is 1.12. The van der Waals surface area contributed by atoms with E-state index >= 15 is 0 Å². The van der Waals surface area contributed by atoms with Crippen molar-refractivity contribution in [2.75, 3.05) is 11.9 Å². The maximum Gasteiger partial charge on any atom is 0.178 e. The van der Waals surface area contributed by atoms with E-state index in [1.165, 1.54) is 6.92 Å². The van der Waals surface area contributed by atoms with Gasteiger partial charge in [0.1, 0.15) is 11.5 Å². The van der Waals surface area contributed by atoms with Crippen LogP contribution in [0, 0.1) is 0 Å². The van der Waals surface area contributed by atoms with Gasteiger partial charge in [0.15, 0.2) is 5.78 Å². The van der Waals surface area contributed by atoms with Gasteiger partial charge in [-0.2, -0.15) is 0 Å². The summed E-state index contributed by atoms with van der Waals surface area (Å²) in [6, 6.07) is 5.45. The second-order valence-corrected chi connectivity index (χ2v) is 3.24. The number of nitrogens with zero attached hydrogens (tertiary/aromatic N) is 1. The lowest BCUT2D eigenvalue weighted by molar-refractivity contribution is 0.101. The maximum atomic E-state index is 11.0. The van der Waals surface area contributed by atoms with Gasteiger partial charge in [0.05, 0.1) is 0 Å². The van der Waals surface area contributed by atoms with Gasteiger partial charge >= 0.3 is 0 Å². The summed E-state index contributed by atoms with van der Waals surface area (Å²) in [4.78, 5) is 15.2. The zero-order chi connectivity index (χ0) is 10.4. The van der Waals surface area contributed by atoms with Gasteiger partial charge in [0.2, 0.25) is 0 Å². The van der Waals surface area contributed by atoms with Crippen molar-refractivity contribution in [2.24, 2.45) is 0 Å². The van der Waals surface area contributed by atoms with Gasteiger partial charge < -0.3 is 5.32 Å². The van der Waals surface area contributed by atoms with Gasteiger partial charge in [0.25, 0.3) is 0 Å². The fourth-order valence-corrected chi connectivity index (χ4v) is 1.12. The number of pyridine rings is 1. The molecule has 0 bridgehead atoms. The highest BCUT2D eigenvalue weighted by Gasteiger charge is 2.00. The SMILES string of the molecule is CCCCNc1cccc(C(C)=O)n1. The Bertz CT molecular complexity index is 310. The van der Waals surface area contributed by atoms with Crippen LogP contribution < -0.4 is 5.32 Å². The van der Waals surface area contributed by atoms with E-state index in [9.17, 15) is 4.79 Å². The van der Waals surface area contributed by atoms with Crippen LogP contribution in [-0.2, 0) is 0 Å². The van der Waals surface area contributed by atoms with E-state index in [4.69, 9.17) is 0 Å². The average Bonchev–Trinajstić information content (AvgIpc) is 2.19. The molecule has 0 aliphatic rings. The molecule has 0 saturated heterocycles. The highest BCUT2D eigenvalue weighted by atomic mass is 16.1. The van der Waals surface area contributed by atoms with Crippen molar-refractivity contribution in [3.05, 3.63) is 23.9 Å². The van der Waals surface area contributed by atoms with Gasteiger partial charge in [-0.25, -0.2) is 4.98 Å². The van der Waals surface area contributed by atoms with Gasteiger partial charge in [-0.3, -0.25) is 4.79 Å². The molecule has 3 heteroatoms. The van der Waals surface area contributed by atoms with Gasteiger partial charge in [-0.15, -0.1) is 0 Å². The van der Waals surface area contributed by atoms with Crippen molar-refractivity contribution < 1.29 is 4.79 Å². The fraction of sp³-hybridized carbons (Fsp3) is 0.455. The minimum atomic E-state index is 0.00383. The molecule has 1 rings (SSSR count). The van der Waals surface area contributed by atoms with Crippen LogP contribution in [0.2, 0.25) is 0 Å². The molecule has 0 atom stereocenters. The van der Waals surface area contributed by atoms with E-state index in [0.717, 1.165) is 25.2 Å². The van der Waals surface area contributed by atoms with Gasteiger partial charge in [-0.1, -0.05) is 19.4 Å². The third kappa shape index (κ3) is 3.17. The lowest BCUT2D eigenvalue weighted by Gasteiger charge is -2.04. The Kier molecular flexibility index (Phi) is 4.11. The molecule has 1 heterocycles. The highest BCUT2D eigenvalue weighted by molar-refractivity contribution is 5.92. The first-order chi connectivity index (χ1) is 6.74. The molecule has 0 saturated carbocycles. The summed E-state index contributed by atoms with van der Waals surface area (Å²) in [7, 11) is 0. The van der Waals surface area contributed by atoms with Crippen LogP contribution in [0.4, 0.5) is 5.82 Å². The first-order valence-corrected chi connectivity index (χ1v) is 4.96. The average molecular weight is 192 g/mol. The van der Waals surface area contributed by atoms with Crippen LogP contribution in [0.1, 0.15) is 37.2 Å². The molecule has 1 N–H and O–H groups in total. The second-order valence-electron chi connectivity index (χ2n) is 3.24. The monoisotopic (exact) mass is 192 g/mol. The number of hydrogen-bond donors (Lipinski definition) is 1. The van der Waals surface area contributed by atoms with Gasteiger partial charge in [0, 0.05) is 13.5 Å². The van der Waals surface area contributed by atoms with E-state index in [2.05, 4.69) is 17.2 Å². The van der Waals surface area contributed by atoms with E-state index < -0.39 is 0 Å². The van der Waals surface area contributed by atoms with Crippen molar-refractivity contribution in [3.63, 3.8) is 0 Å². The summed E-state index contributed by atoms with van der Waals surface area (Å²) in [5.41, 5.74) is 0.520. The first-order valence-electron chi connectivity index (χ1n) is 4.96. The number of hydrogen-bond acceptors (Lipinski definition) is 3. The second kappa shape index (κ2) is 5.37. The lowest BCUT2D eigenvalue weighted by Crippen LogP contribution is -2.05. The molecule has 0 radical (unpaired) electrons. The third-order valence-corrected chi connectivity index (χ3v) is 1.95. The van der Waals surface area contributed by atoms with E-state index in [1.54, 1.807) is 6.07 Å². The number of Topliss-reactive ketones (excluding diaryl/α,β-unsaturated/α-hetero) is 1. The number of ketones is 1. The number of anilines is 1. The maximum absolute atomic E-state index is 11.0. The Morgan fingerprint density at radius 3 is 2.93 bits per heavy atom. The van der Waals surface area contributed by atoms with Crippen LogP contribution in [0.3, 0.4) is 0 Å². The quantitative estimate of drug-likeness (QED) is 0.575. The van der Waals surface area contributed by atoms with Crippen LogP contribution in [0.5, 0.6) is 0 Å². The predicted molar refractivity (Wildman–Crippen MR) is 57.6 cm³/mol. The molecule has 0 spiro atoms. The van der Waals surface area contributed by atoms with Crippen molar-refractivity contribution in [1.29, 1.82) is 0 Å². The van der Waals surface area contributed by atoms with Crippen molar-refractivity contribution in [3.8, 4) is 0 Å². The highest BCUT2D eigenvalue weighted by Crippen LogP contribution is 2.05. The topological polar surface area (TPSA) is 42.0 Å². The summed E-state index contributed by atoms with van der Waals surface area (Å²) in [6.45, 7) is 4.57. The zero-order valence-electron chi connectivity index (χ0n) is 8.71. The Hall–Kier alpha value is -1.38. The summed E-state index contributed by atoms with van der Waals surface area (Å²) in [6.07, 6.45) is 2.27. The van der Waals surface area contributed by atoms with Crippen molar-refractivity contribution in [2.45, 2.75) is 26.7 Å². The minimum Gasteiger partial charge on any atom is -0.370 e. The molecule has 76 valence electrons. The predicted octanol–water partition coefficient (Wildman–Crippen LogP) is 2.50. The molecule has 14 heavy (non-hydrogen) atoms. The van der Waals surface area contributed by atoms with E-state index in [-0.39, 0.29) is 5.78 Å². The zero-order valence-corrected chi connectivity index (χ0v) is 8.71. The standard InChI is InChI=1S/C11H16N2O/c1-3-4-8-12-11-7-5-6-10(13-11)9(2)14/h5-7H,3-4,8H2,1-2H3,(H,12,13). The first kappa shape index (κ1) is 10.7.